The molecule has 0 aliphatic rings. The van der Waals surface area contributed by atoms with Gasteiger partial charge in [0, 0.05) is 6.42 Å². The number of rotatable bonds is 7. The van der Waals surface area contributed by atoms with Crippen LogP contribution in [0, 0.1) is 0 Å². The maximum absolute atomic E-state index is 5.87. The first-order valence-corrected chi connectivity index (χ1v) is 6.25. The summed E-state index contributed by atoms with van der Waals surface area (Å²) in [6.07, 6.45) is 1.46. The molecule has 0 saturated heterocycles. The van der Waals surface area contributed by atoms with Crippen molar-refractivity contribution in [1.29, 1.82) is 0 Å². The molecule has 0 aliphatic heterocycles. The molecule has 0 aliphatic carbocycles. The van der Waals surface area contributed by atoms with Crippen LogP contribution in [0.4, 0.5) is 0 Å². The van der Waals surface area contributed by atoms with Crippen molar-refractivity contribution in [2.24, 2.45) is 5.73 Å². The predicted octanol–water partition coefficient (Wildman–Crippen LogP) is 2.92. The van der Waals surface area contributed by atoms with Crippen LogP contribution in [0.3, 0.4) is 0 Å². The van der Waals surface area contributed by atoms with Gasteiger partial charge in [0.2, 0.25) is 0 Å². The SMILES string of the molecule is CCOc1ccccc1OC(CC)CC(N)=S. The molecule has 94 valence electrons. The van der Waals surface area contributed by atoms with Crippen molar-refractivity contribution in [2.45, 2.75) is 32.8 Å². The Labute approximate surface area is 108 Å². The lowest BCUT2D eigenvalue weighted by Gasteiger charge is -2.19. The monoisotopic (exact) mass is 253 g/mol. The van der Waals surface area contributed by atoms with Crippen LogP contribution in [0.15, 0.2) is 24.3 Å². The van der Waals surface area contributed by atoms with Crippen LogP contribution in [0.5, 0.6) is 11.5 Å². The standard InChI is InChI=1S/C13H19NO2S/c1-3-10(9-13(14)17)16-12-8-6-5-7-11(12)15-4-2/h5-8,10H,3-4,9H2,1-2H3,(H2,14,17). The highest BCUT2D eigenvalue weighted by Gasteiger charge is 2.12. The van der Waals surface area contributed by atoms with Gasteiger partial charge in [-0.05, 0) is 25.5 Å². The van der Waals surface area contributed by atoms with Crippen LogP contribution in [-0.4, -0.2) is 17.7 Å². The van der Waals surface area contributed by atoms with E-state index in [0.717, 1.165) is 17.9 Å². The molecule has 0 saturated carbocycles. The average Bonchev–Trinajstić information content (AvgIpc) is 2.30. The number of hydrogen-bond acceptors (Lipinski definition) is 3. The minimum Gasteiger partial charge on any atom is -0.490 e. The van der Waals surface area contributed by atoms with Crippen LogP contribution in [0.25, 0.3) is 0 Å². The Kier molecular flexibility index (Phi) is 5.77. The molecule has 17 heavy (non-hydrogen) atoms. The smallest absolute Gasteiger partial charge is 0.161 e. The summed E-state index contributed by atoms with van der Waals surface area (Å²) < 4.78 is 11.4. The molecule has 0 heterocycles. The van der Waals surface area contributed by atoms with Crippen molar-refractivity contribution in [2.75, 3.05) is 6.61 Å². The summed E-state index contributed by atoms with van der Waals surface area (Å²) in [6, 6.07) is 7.64. The third-order valence-corrected chi connectivity index (χ3v) is 2.49. The molecular weight excluding hydrogens is 234 g/mol. The quantitative estimate of drug-likeness (QED) is 0.759. The number of nitrogens with two attached hydrogens (primary N) is 1. The van der Waals surface area contributed by atoms with Gasteiger partial charge in [-0.1, -0.05) is 31.3 Å². The van der Waals surface area contributed by atoms with E-state index < -0.39 is 0 Å². The largest absolute Gasteiger partial charge is 0.490 e. The number of ether oxygens (including phenoxy) is 2. The molecule has 1 unspecified atom stereocenters. The zero-order chi connectivity index (χ0) is 12.7. The van der Waals surface area contributed by atoms with Gasteiger partial charge in [-0.3, -0.25) is 0 Å². The van der Waals surface area contributed by atoms with Crippen LogP contribution < -0.4 is 15.2 Å². The number of hydrogen-bond donors (Lipinski definition) is 1. The minimum absolute atomic E-state index is 0.00843. The summed E-state index contributed by atoms with van der Waals surface area (Å²) in [5.74, 6) is 1.51. The molecule has 4 heteroatoms. The van der Waals surface area contributed by atoms with Crippen LogP contribution in [0.2, 0.25) is 0 Å². The van der Waals surface area contributed by atoms with Gasteiger partial charge in [0.15, 0.2) is 11.5 Å². The van der Waals surface area contributed by atoms with E-state index in [2.05, 4.69) is 0 Å². The van der Waals surface area contributed by atoms with Crippen molar-refractivity contribution in [3.05, 3.63) is 24.3 Å². The second kappa shape index (κ2) is 7.12. The second-order valence-electron chi connectivity index (χ2n) is 3.70. The van der Waals surface area contributed by atoms with Gasteiger partial charge in [-0.25, -0.2) is 0 Å². The van der Waals surface area contributed by atoms with E-state index in [1.165, 1.54) is 0 Å². The number of benzene rings is 1. The Bertz CT molecular complexity index is 368. The van der Waals surface area contributed by atoms with Crippen molar-refractivity contribution in [3.63, 3.8) is 0 Å². The number of thiocarbonyl (C=S) groups is 1. The summed E-state index contributed by atoms with van der Waals surface area (Å²) in [7, 11) is 0. The fraction of sp³-hybridized carbons (Fsp3) is 0.462. The van der Waals surface area contributed by atoms with Crippen LogP contribution >= 0.6 is 12.2 Å². The molecule has 1 aromatic rings. The Balaban J connectivity index is 2.74. The summed E-state index contributed by atoms with van der Waals surface area (Å²) in [5, 5.41) is 0. The van der Waals surface area contributed by atoms with Crippen LogP contribution in [0.1, 0.15) is 26.7 Å². The lowest BCUT2D eigenvalue weighted by atomic mass is 10.2. The molecule has 0 amide bonds. The van der Waals surface area contributed by atoms with Crippen molar-refractivity contribution < 1.29 is 9.47 Å². The Hall–Kier alpha value is -1.29. The van der Waals surface area contributed by atoms with E-state index >= 15 is 0 Å². The van der Waals surface area contributed by atoms with E-state index in [4.69, 9.17) is 27.4 Å². The average molecular weight is 253 g/mol. The van der Waals surface area contributed by atoms with Crippen molar-refractivity contribution in [1.82, 2.24) is 0 Å². The first kappa shape index (κ1) is 13.8. The normalized spacial score (nSPS) is 11.9. The second-order valence-corrected chi connectivity index (χ2v) is 4.22. The molecule has 3 nitrogen and oxygen atoms in total. The molecule has 1 aromatic carbocycles. The predicted molar refractivity (Wildman–Crippen MR) is 73.7 cm³/mol. The van der Waals surface area contributed by atoms with Gasteiger partial charge in [0.1, 0.15) is 6.10 Å². The first-order valence-electron chi connectivity index (χ1n) is 5.84. The van der Waals surface area contributed by atoms with Gasteiger partial charge >= 0.3 is 0 Å². The molecule has 0 aromatic heterocycles. The summed E-state index contributed by atoms with van der Waals surface area (Å²) in [6.45, 7) is 4.61. The summed E-state index contributed by atoms with van der Waals surface area (Å²) in [4.78, 5) is 0.478. The zero-order valence-corrected chi connectivity index (χ0v) is 11.1. The molecule has 1 atom stereocenters. The summed E-state index contributed by atoms with van der Waals surface area (Å²) >= 11 is 4.90. The van der Waals surface area contributed by atoms with Gasteiger partial charge < -0.3 is 15.2 Å². The van der Waals surface area contributed by atoms with E-state index in [-0.39, 0.29) is 6.10 Å². The number of para-hydroxylation sites is 2. The van der Waals surface area contributed by atoms with Gasteiger partial charge in [0.05, 0.1) is 11.6 Å². The Morgan fingerprint density at radius 3 is 2.47 bits per heavy atom. The molecule has 0 spiro atoms. The van der Waals surface area contributed by atoms with Gasteiger partial charge in [0.25, 0.3) is 0 Å². The minimum atomic E-state index is 0.00843. The highest BCUT2D eigenvalue weighted by atomic mass is 32.1. The van der Waals surface area contributed by atoms with E-state index in [1.54, 1.807) is 0 Å². The van der Waals surface area contributed by atoms with Gasteiger partial charge in [-0.15, -0.1) is 0 Å². The lowest BCUT2D eigenvalue weighted by Crippen LogP contribution is -2.23. The molecule has 1 rings (SSSR count). The Morgan fingerprint density at radius 1 is 1.29 bits per heavy atom. The van der Waals surface area contributed by atoms with E-state index in [0.29, 0.717) is 18.0 Å². The van der Waals surface area contributed by atoms with Crippen LogP contribution in [-0.2, 0) is 0 Å². The highest BCUT2D eigenvalue weighted by Crippen LogP contribution is 2.28. The van der Waals surface area contributed by atoms with Gasteiger partial charge in [-0.2, -0.15) is 0 Å². The maximum Gasteiger partial charge on any atom is 0.161 e. The fourth-order valence-corrected chi connectivity index (χ4v) is 1.68. The lowest BCUT2D eigenvalue weighted by molar-refractivity contribution is 0.193. The molecule has 0 bridgehead atoms. The topological polar surface area (TPSA) is 44.5 Å². The van der Waals surface area contributed by atoms with Crippen molar-refractivity contribution >= 4 is 17.2 Å². The third kappa shape index (κ3) is 4.61. The first-order chi connectivity index (χ1) is 8.17. The molecule has 2 N–H and O–H groups in total. The maximum atomic E-state index is 5.87. The Morgan fingerprint density at radius 2 is 1.94 bits per heavy atom. The van der Waals surface area contributed by atoms with Crippen molar-refractivity contribution in [3.8, 4) is 11.5 Å². The molecular formula is C13H19NO2S. The zero-order valence-electron chi connectivity index (χ0n) is 10.3. The third-order valence-electron chi connectivity index (χ3n) is 2.33. The molecule has 0 fully saturated rings. The van der Waals surface area contributed by atoms with E-state index in [1.807, 2.05) is 38.1 Å². The summed E-state index contributed by atoms with van der Waals surface area (Å²) in [5.41, 5.74) is 5.54. The van der Waals surface area contributed by atoms with E-state index in [9.17, 15) is 0 Å². The molecule has 0 radical (unpaired) electrons. The fourth-order valence-electron chi connectivity index (χ4n) is 1.50. The highest BCUT2D eigenvalue weighted by molar-refractivity contribution is 7.80.